The van der Waals surface area contributed by atoms with Gasteiger partial charge in [-0.25, -0.2) is 0 Å². The fraction of sp³-hybridized carbons (Fsp3) is 0.300. The van der Waals surface area contributed by atoms with Crippen molar-refractivity contribution in [2.75, 3.05) is 33.3 Å². The lowest BCUT2D eigenvalue weighted by Gasteiger charge is -2.18. The highest BCUT2D eigenvalue weighted by atomic mass is 35.5. The molecule has 1 atom stereocenters. The molecule has 6 nitrogen and oxygen atoms in total. The standard InChI is InChI=1S/C20H25ClN4O2/c1-22-20(25-13-17(14-26)15-5-3-2-4-6-15)24-12-11-23-19(27)16-7-9-18(21)10-8-16/h2-10,17,26H,11-14H2,1H3,(H,23,27)(H2,22,24,25). The predicted octanol–water partition coefficient (Wildman–Crippen LogP) is 2.01. The van der Waals surface area contributed by atoms with E-state index in [2.05, 4.69) is 20.9 Å². The molecule has 7 heteroatoms. The molecule has 0 aliphatic heterocycles. The summed E-state index contributed by atoms with van der Waals surface area (Å²) < 4.78 is 0. The molecule has 0 spiro atoms. The van der Waals surface area contributed by atoms with Gasteiger partial charge < -0.3 is 21.1 Å². The van der Waals surface area contributed by atoms with E-state index in [1.165, 1.54) is 0 Å². The number of nitrogens with zero attached hydrogens (tertiary/aromatic N) is 1. The molecular weight excluding hydrogens is 364 g/mol. The Morgan fingerprint density at radius 3 is 2.33 bits per heavy atom. The minimum absolute atomic E-state index is 0.0191. The van der Waals surface area contributed by atoms with Gasteiger partial charge in [-0.15, -0.1) is 0 Å². The Balaban J connectivity index is 1.72. The maximum Gasteiger partial charge on any atom is 0.251 e. The molecule has 0 radical (unpaired) electrons. The predicted molar refractivity (Wildman–Crippen MR) is 109 cm³/mol. The zero-order chi connectivity index (χ0) is 19.5. The van der Waals surface area contributed by atoms with Gasteiger partial charge in [0.05, 0.1) is 6.61 Å². The van der Waals surface area contributed by atoms with Crippen LogP contribution in [0.1, 0.15) is 21.8 Å². The number of aliphatic hydroxyl groups is 1. The average molecular weight is 389 g/mol. The molecule has 144 valence electrons. The lowest BCUT2D eigenvalue weighted by molar-refractivity contribution is 0.0954. The first-order valence-corrected chi connectivity index (χ1v) is 9.16. The molecule has 0 heterocycles. The van der Waals surface area contributed by atoms with Gasteiger partial charge in [0, 0.05) is 43.2 Å². The van der Waals surface area contributed by atoms with Crippen LogP contribution in [0.5, 0.6) is 0 Å². The highest BCUT2D eigenvalue weighted by molar-refractivity contribution is 6.30. The Morgan fingerprint density at radius 2 is 1.70 bits per heavy atom. The largest absolute Gasteiger partial charge is 0.396 e. The molecule has 27 heavy (non-hydrogen) atoms. The van der Waals surface area contributed by atoms with Gasteiger partial charge in [-0.1, -0.05) is 41.9 Å². The molecule has 0 saturated heterocycles. The van der Waals surface area contributed by atoms with Crippen LogP contribution in [0.25, 0.3) is 0 Å². The lowest BCUT2D eigenvalue weighted by Crippen LogP contribution is -2.43. The van der Waals surface area contributed by atoms with Crippen molar-refractivity contribution in [2.45, 2.75) is 5.92 Å². The fourth-order valence-electron chi connectivity index (χ4n) is 2.51. The van der Waals surface area contributed by atoms with Crippen LogP contribution in [-0.4, -0.2) is 50.3 Å². The van der Waals surface area contributed by atoms with Crippen LogP contribution in [0.3, 0.4) is 0 Å². The van der Waals surface area contributed by atoms with Gasteiger partial charge in [-0.2, -0.15) is 0 Å². The van der Waals surface area contributed by atoms with Crippen molar-refractivity contribution >= 4 is 23.5 Å². The zero-order valence-corrected chi connectivity index (χ0v) is 16.0. The first-order chi connectivity index (χ1) is 13.1. The molecule has 0 aliphatic rings. The van der Waals surface area contributed by atoms with Gasteiger partial charge in [0.1, 0.15) is 0 Å². The van der Waals surface area contributed by atoms with Crippen LogP contribution in [0, 0.1) is 0 Å². The van der Waals surface area contributed by atoms with Gasteiger partial charge in [-0.05, 0) is 29.8 Å². The van der Waals surface area contributed by atoms with Crippen molar-refractivity contribution in [1.82, 2.24) is 16.0 Å². The van der Waals surface area contributed by atoms with E-state index in [0.717, 1.165) is 5.56 Å². The van der Waals surface area contributed by atoms with Crippen molar-refractivity contribution < 1.29 is 9.90 Å². The van der Waals surface area contributed by atoms with E-state index in [1.54, 1.807) is 31.3 Å². The first-order valence-electron chi connectivity index (χ1n) is 8.78. The molecule has 0 bridgehead atoms. The number of hydrogen-bond acceptors (Lipinski definition) is 3. The number of benzene rings is 2. The number of rotatable bonds is 8. The summed E-state index contributed by atoms with van der Waals surface area (Å²) in [7, 11) is 1.68. The van der Waals surface area contributed by atoms with Crippen LogP contribution >= 0.6 is 11.6 Å². The number of amides is 1. The van der Waals surface area contributed by atoms with E-state index in [9.17, 15) is 9.90 Å². The summed E-state index contributed by atoms with van der Waals surface area (Å²) in [4.78, 5) is 16.2. The van der Waals surface area contributed by atoms with E-state index >= 15 is 0 Å². The van der Waals surface area contributed by atoms with Crippen molar-refractivity contribution in [3.05, 3.63) is 70.7 Å². The maximum absolute atomic E-state index is 12.0. The van der Waals surface area contributed by atoms with Gasteiger partial charge >= 0.3 is 0 Å². The molecule has 2 rings (SSSR count). The van der Waals surface area contributed by atoms with Crippen LogP contribution in [0.4, 0.5) is 0 Å². The number of carbonyl (C=O) groups is 1. The minimum Gasteiger partial charge on any atom is -0.396 e. The maximum atomic E-state index is 12.0. The van der Waals surface area contributed by atoms with Crippen LogP contribution < -0.4 is 16.0 Å². The molecule has 0 saturated carbocycles. The quantitative estimate of drug-likeness (QED) is 0.316. The normalized spacial score (nSPS) is 12.3. The number of hydrogen-bond donors (Lipinski definition) is 4. The summed E-state index contributed by atoms with van der Waals surface area (Å²) >= 11 is 5.82. The van der Waals surface area contributed by atoms with E-state index in [0.29, 0.717) is 36.2 Å². The summed E-state index contributed by atoms with van der Waals surface area (Å²) in [6.07, 6.45) is 0. The molecular formula is C20H25ClN4O2. The second-order valence-corrected chi connectivity index (χ2v) is 6.37. The molecule has 1 unspecified atom stereocenters. The molecule has 2 aromatic carbocycles. The number of guanidine groups is 1. The second-order valence-electron chi connectivity index (χ2n) is 5.93. The molecule has 0 aromatic heterocycles. The van der Waals surface area contributed by atoms with Gasteiger partial charge in [0.25, 0.3) is 5.91 Å². The summed E-state index contributed by atoms with van der Waals surface area (Å²) in [5.41, 5.74) is 1.63. The second kappa shape index (κ2) is 11.2. The molecule has 1 amide bonds. The number of halogens is 1. The Kier molecular flexibility index (Phi) is 8.61. The van der Waals surface area contributed by atoms with Crippen molar-refractivity contribution in [2.24, 2.45) is 4.99 Å². The smallest absolute Gasteiger partial charge is 0.251 e. The Labute approximate surface area is 164 Å². The molecule has 2 aromatic rings. The first kappa shape index (κ1) is 20.7. The molecule has 0 fully saturated rings. The van der Waals surface area contributed by atoms with E-state index in [4.69, 9.17) is 11.6 Å². The lowest BCUT2D eigenvalue weighted by atomic mass is 10.0. The highest BCUT2D eigenvalue weighted by Crippen LogP contribution is 2.13. The number of aliphatic imine (C=N–C) groups is 1. The number of nitrogens with one attached hydrogen (secondary N) is 3. The summed E-state index contributed by atoms with van der Waals surface area (Å²) in [6, 6.07) is 16.6. The van der Waals surface area contributed by atoms with E-state index in [-0.39, 0.29) is 18.4 Å². The monoisotopic (exact) mass is 388 g/mol. The molecule has 0 aliphatic carbocycles. The van der Waals surface area contributed by atoms with Crippen LogP contribution in [-0.2, 0) is 0 Å². The van der Waals surface area contributed by atoms with E-state index in [1.807, 2.05) is 30.3 Å². The number of carbonyl (C=O) groups excluding carboxylic acids is 1. The third kappa shape index (κ3) is 6.92. The average Bonchev–Trinajstić information content (AvgIpc) is 2.71. The van der Waals surface area contributed by atoms with Gasteiger partial charge in [0.2, 0.25) is 0 Å². The summed E-state index contributed by atoms with van der Waals surface area (Å²) in [6.45, 7) is 1.57. The van der Waals surface area contributed by atoms with Crippen molar-refractivity contribution in [3.8, 4) is 0 Å². The third-order valence-corrected chi connectivity index (χ3v) is 4.29. The van der Waals surface area contributed by atoms with Crippen LogP contribution in [0.15, 0.2) is 59.6 Å². The van der Waals surface area contributed by atoms with Gasteiger partial charge in [0.15, 0.2) is 5.96 Å². The Morgan fingerprint density at radius 1 is 1.04 bits per heavy atom. The summed E-state index contributed by atoms with van der Waals surface area (Å²) in [5, 5.41) is 19.4. The molecule has 4 N–H and O–H groups in total. The summed E-state index contributed by atoms with van der Waals surface area (Å²) in [5.74, 6) is 0.445. The Hall–Kier alpha value is -2.57. The van der Waals surface area contributed by atoms with Gasteiger partial charge in [-0.3, -0.25) is 9.79 Å². The van der Waals surface area contributed by atoms with Crippen molar-refractivity contribution in [3.63, 3.8) is 0 Å². The fourth-order valence-corrected chi connectivity index (χ4v) is 2.64. The zero-order valence-electron chi connectivity index (χ0n) is 15.3. The Bertz CT molecular complexity index is 735. The van der Waals surface area contributed by atoms with E-state index < -0.39 is 0 Å². The van der Waals surface area contributed by atoms with Crippen molar-refractivity contribution in [1.29, 1.82) is 0 Å². The minimum atomic E-state index is -0.152. The highest BCUT2D eigenvalue weighted by Gasteiger charge is 2.11. The SMILES string of the molecule is CN=C(NCCNC(=O)c1ccc(Cl)cc1)NCC(CO)c1ccccc1. The third-order valence-electron chi connectivity index (χ3n) is 4.04. The number of aliphatic hydroxyl groups excluding tert-OH is 1. The van der Waals surface area contributed by atoms with Crippen LogP contribution in [0.2, 0.25) is 5.02 Å². The topological polar surface area (TPSA) is 85.8 Å².